The molecule has 1 amide bonds. The fourth-order valence-electron chi connectivity index (χ4n) is 4.28. The first-order valence-electron chi connectivity index (χ1n) is 10.6. The van der Waals surface area contributed by atoms with Gasteiger partial charge in [0.15, 0.2) is 0 Å². The van der Waals surface area contributed by atoms with Crippen molar-refractivity contribution in [3.8, 4) is 0 Å². The zero-order valence-electron chi connectivity index (χ0n) is 18.0. The number of benzene rings is 1. The summed E-state index contributed by atoms with van der Waals surface area (Å²) < 4.78 is 67.7. The van der Waals surface area contributed by atoms with Crippen molar-refractivity contribution in [1.29, 1.82) is 0 Å². The lowest BCUT2D eigenvalue weighted by atomic mass is 9.90. The molecule has 0 unspecified atom stereocenters. The molecule has 0 saturated heterocycles. The van der Waals surface area contributed by atoms with Crippen LogP contribution in [0.1, 0.15) is 53.9 Å². The Labute approximate surface area is 196 Å². The molecule has 2 atom stereocenters. The molecule has 3 aromatic rings. The fraction of sp³-hybridized carbons (Fsp3) is 0.409. The van der Waals surface area contributed by atoms with E-state index in [1.165, 1.54) is 19.2 Å². The molecule has 34 heavy (non-hydrogen) atoms. The summed E-state index contributed by atoms with van der Waals surface area (Å²) in [7, 11) is 1.33. The van der Waals surface area contributed by atoms with Gasteiger partial charge in [0.25, 0.3) is 12.3 Å². The number of nitrogens with zero attached hydrogens (tertiary/aromatic N) is 3. The molecule has 2 N–H and O–H groups in total. The lowest BCUT2D eigenvalue weighted by Gasteiger charge is -2.31. The molecule has 12 heteroatoms. The van der Waals surface area contributed by atoms with Gasteiger partial charge in [-0.3, -0.25) is 9.48 Å². The number of amides is 1. The molecule has 1 aromatic carbocycles. The zero-order valence-corrected chi connectivity index (χ0v) is 18.7. The molecule has 4 rings (SSSR count). The average Bonchev–Trinajstić information content (AvgIpc) is 3.15. The highest BCUT2D eigenvalue weighted by atomic mass is 35.5. The number of hydrogen-bond donors (Lipinski definition) is 2. The van der Waals surface area contributed by atoms with Crippen LogP contribution in [0, 0.1) is 0 Å². The Hall–Kier alpha value is -2.95. The van der Waals surface area contributed by atoms with Crippen molar-refractivity contribution in [2.24, 2.45) is 7.05 Å². The number of anilines is 1. The first kappa shape index (κ1) is 24.2. The van der Waals surface area contributed by atoms with Gasteiger partial charge in [-0.2, -0.15) is 18.3 Å². The minimum atomic E-state index is -4.63. The molecule has 6 nitrogen and oxygen atoms in total. The van der Waals surface area contributed by atoms with Crippen molar-refractivity contribution in [1.82, 2.24) is 20.1 Å². The monoisotopic (exact) mass is 501 g/mol. The highest BCUT2D eigenvalue weighted by Gasteiger charge is 2.34. The van der Waals surface area contributed by atoms with E-state index in [4.69, 9.17) is 11.6 Å². The van der Waals surface area contributed by atoms with Gasteiger partial charge in [0.05, 0.1) is 17.3 Å². The highest BCUT2D eigenvalue weighted by Crippen LogP contribution is 2.35. The van der Waals surface area contributed by atoms with E-state index in [1.807, 2.05) is 0 Å². The third-order valence-corrected chi connectivity index (χ3v) is 6.10. The molecule has 2 aromatic heterocycles. The van der Waals surface area contributed by atoms with Crippen molar-refractivity contribution < 1.29 is 26.7 Å². The highest BCUT2D eigenvalue weighted by molar-refractivity contribution is 6.31. The Morgan fingerprint density at radius 1 is 1.21 bits per heavy atom. The molecule has 1 saturated carbocycles. The summed E-state index contributed by atoms with van der Waals surface area (Å²) >= 11 is 6.05. The number of alkyl halides is 5. The summed E-state index contributed by atoms with van der Waals surface area (Å²) in [6.45, 7) is 0. The van der Waals surface area contributed by atoms with Crippen molar-refractivity contribution in [2.75, 3.05) is 5.32 Å². The average molecular weight is 502 g/mol. The van der Waals surface area contributed by atoms with Gasteiger partial charge in [-0.05, 0) is 49.9 Å². The number of carbonyl (C=O) groups is 1. The van der Waals surface area contributed by atoms with E-state index < -0.39 is 29.9 Å². The molecule has 0 aliphatic heterocycles. The lowest BCUT2D eigenvalue weighted by molar-refractivity contribution is -0.140. The number of pyridine rings is 1. The van der Waals surface area contributed by atoms with E-state index in [-0.39, 0.29) is 28.9 Å². The number of fused-ring (bicyclic) bond motifs is 1. The minimum Gasteiger partial charge on any atom is -0.382 e. The van der Waals surface area contributed by atoms with Crippen LogP contribution in [0.4, 0.5) is 27.6 Å². The normalized spacial score (nSPS) is 18.9. The predicted octanol–water partition coefficient (Wildman–Crippen LogP) is 5.73. The van der Waals surface area contributed by atoms with Gasteiger partial charge in [-0.1, -0.05) is 11.6 Å². The zero-order chi connectivity index (χ0) is 24.6. The number of rotatable bonds is 5. The van der Waals surface area contributed by atoms with E-state index in [1.54, 1.807) is 6.07 Å². The number of aryl methyl sites for hydroxylation is 1. The second-order valence-electron chi connectivity index (χ2n) is 8.26. The van der Waals surface area contributed by atoms with E-state index in [0.717, 1.165) is 16.9 Å². The van der Waals surface area contributed by atoms with Crippen molar-refractivity contribution in [3.05, 3.63) is 52.4 Å². The van der Waals surface area contributed by atoms with Gasteiger partial charge in [0.1, 0.15) is 11.4 Å². The molecule has 2 heterocycles. The van der Waals surface area contributed by atoms with Gasteiger partial charge >= 0.3 is 6.18 Å². The fourth-order valence-corrected chi connectivity index (χ4v) is 4.45. The molecule has 1 aliphatic rings. The van der Waals surface area contributed by atoms with Crippen LogP contribution in [-0.4, -0.2) is 32.8 Å². The molecule has 182 valence electrons. The van der Waals surface area contributed by atoms with Crippen LogP contribution in [0.3, 0.4) is 0 Å². The van der Waals surface area contributed by atoms with Crippen LogP contribution in [0.25, 0.3) is 10.9 Å². The Morgan fingerprint density at radius 2 is 1.94 bits per heavy atom. The molecule has 0 radical (unpaired) electrons. The number of hydrogen-bond acceptors (Lipinski definition) is 4. The predicted molar refractivity (Wildman–Crippen MR) is 117 cm³/mol. The quantitative estimate of drug-likeness (QED) is 0.438. The number of halogens is 6. The number of nitrogens with one attached hydrogen (secondary N) is 2. The summed E-state index contributed by atoms with van der Waals surface area (Å²) in [5.74, 6) is -0.658. The van der Waals surface area contributed by atoms with Crippen LogP contribution >= 0.6 is 11.6 Å². The lowest BCUT2D eigenvalue weighted by Crippen LogP contribution is -2.42. The molecule has 1 fully saturated rings. The van der Waals surface area contributed by atoms with Crippen LogP contribution in [0.15, 0.2) is 30.5 Å². The maximum absolute atomic E-state index is 13.4. The van der Waals surface area contributed by atoms with Crippen LogP contribution in [0.2, 0.25) is 5.02 Å². The summed E-state index contributed by atoms with van der Waals surface area (Å²) in [6.07, 6.45) is -4.02. The molecule has 0 spiro atoms. The van der Waals surface area contributed by atoms with Gasteiger partial charge in [-0.25, -0.2) is 13.8 Å². The maximum Gasteiger partial charge on any atom is 0.433 e. The molecular weight excluding hydrogens is 481 g/mol. The Bertz CT molecular complexity index is 1210. The smallest absolute Gasteiger partial charge is 0.382 e. The largest absolute Gasteiger partial charge is 0.433 e. The maximum atomic E-state index is 13.4. The summed E-state index contributed by atoms with van der Waals surface area (Å²) in [5.41, 5.74) is -1.30. The third kappa shape index (κ3) is 5.08. The van der Waals surface area contributed by atoms with Gasteiger partial charge < -0.3 is 10.6 Å². The van der Waals surface area contributed by atoms with Crippen molar-refractivity contribution >= 4 is 34.1 Å². The molecule has 0 bridgehead atoms. The second-order valence-corrected chi connectivity index (χ2v) is 8.70. The summed E-state index contributed by atoms with van der Waals surface area (Å²) in [4.78, 5) is 16.3. The van der Waals surface area contributed by atoms with Gasteiger partial charge in [0, 0.05) is 35.2 Å². The van der Waals surface area contributed by atoms with E-state index in [2.05, 4.69) is 20.7 Å². The van der Waals surface area contributed by atoms with Gasteiger partial charge in [0.2, 0.25) is 0 Å². The number of carbonyl (C=O) groups excluding carboxylic acids is 1. The second kappa shape index (κ2) is 9.36. The summed E-state index contributed by atoms with van der Waals surface area (Å²) in [5, 5.41) is 10.5. The summed E-state index contributed by atoms with van der Waals surface area (Å²) in [6, 6.07) is 4.79. The van der Waals surface area contributed by atoms with E-state index in [0.29, 0.717) is 36.1 Å². The number of aromatic nitrogens is 3. The van der Waals surface area contributed by atoms with Crippen molar-refractivity contribution in [2.45, 2.75) is 50.4 Å². The standard InChI is InChI=1S/C22H21ClF5N5O/c1-33-19(20(24)25)15(10-29-33)21(34)31-13-4-2-3-12(8-13)30-17-9-18(22(26,27)28)32-16-6-5-11(23)7-14(16)17/h5-7,9-10,12-13,20H,2-4,8H2,1H3,(H,30,32)(H,31,34)/t12-,13+/m0/s1. The van der Waals surface area contributed by atoms with E-state index in [9.17, 15) is 26.7 Å². The molecular formula is C22H21ClF5N5O. The van der Waals surface area contributed by atoms with Crippen LogP contribution in [-0.2, 0) is 13.2 Å². The van der Waals surface area contributed by atoms with Crippen LogP contribution in [0.5, 0.6) is 0 Å². The Morgan fingerprint density at radius 3 is 2.65 bits per heavy atom. The Kier molecular flexibility index (Phi) is 6.66. The third-order valence-electron chi connectivity index (χ3n) is 5.87. The minimum absolute atomic E-state index is 0.151. The first-order chi connectivity index (χ1) is 16.0. The van der Waals surface area contributed by atoms with Crippen molar-refractivity contribution in [3.63, 3.8) is 0 Å². The van der Waals surface area contributed by atoms with Crippen LogP contribution < -0.4 is 10.6 Å². The molecule has 1 aliphatic carbocycles. The Balaban J connectivity index is 1.53. The first-order valence-corrected chi connectivity index (χ1v) is 11.0. The van der Waals surface area contributed by atoms with Gasteiger partial charge in [-0.15, -0.1) is 0 Å². The topological polar surface area (TPSA) is 71.8 Å². The van der Waals surface area contributed by atoms with E-state index >= 15 is 0 Å². The SMILES string of the molecule is Cn1ncc(C(=O)N[C@@H]2CCC[C@H](Nc3cc(C(F)(F)F)nc4ccc(Cl)cc34)C2)c1C(F)F.